The number of nitrogens with zero attached hydrogens (tertiary/aromatic N) is 2. The molecule has 1 rings (SSSR count). The number of rotatable bonds is 6. The second-order valence-electron chi connectivity index (χ2n) is 4.82. The van der Waals surface area contributed by atoms with Crippen molar-refractivity contribution in [1.29, 1.82) is 0 Å². The van der Waals surface area contributed by atoms with Crippen LogP contribution in [0, 0.1) is 6.92 Å². The number of carbonyl (C=O) groups is 2. The summed E-state index contributed by atoms with van der Waals surface area (Å²) in [6.07, 6.45) is 1.38. The van der Waals surface area contributed by atoms with Gasteiger partial charge in [-0.2, -0.15) is 5.10 Å². The van der Waals surface area contributed by atoms with E-state index in [1.165, 1.54) is 11.8 Å². The highest BCUT2D eigenvalue weighted by molar-refractivity contribution is 5.95. The maximum atomic E-state index is 12.1. The molecule has 2 N–H and O–H groups in total. The first kappa shape index (κ1) is 15.2. The van der Waals surface area contributed by atoms with E-state index in [1.807, 2.05) is 0 Å². The Balaban J connectivity index is 2.87. The molecule has 0 saturated carbocycles. The van der Waals surface area contributed by atoms with Crippen LogP contribution in [0.5, 0.6) is 0 Å². The number of carboxylic acids is 1. The highest BCUT2D eigenvalue weighted by Gasteiger charge is 2.30. The third-order valence-electron chi connectivity index (χ3n) is 2.68. The van der Waals surface area contributed by atoms with Crippen LogP contribution in [0.3, 0.4) is 0 Å². The van der Waals surface area contributed by atoms with E-state index >= 15 is 0 Å². The zero-order valence-electron chi connectivity index (χ0n) is 11.6. The molecule has 1 amide bonds. The van der Waals surface area contributed by atoms with Gasteiger partial charge in [0.05, 0.1) is 29.8 Å². The van der Waals surface area contributed by atoms with Crippen LogP contribution in [0.1, 0.15) is 29.4 Å². The van der Waals surface area contributed by atoms with Gasteiger partial charge in [-0.05, 0) is 13.8 Å². The van der Waals surface area contributed by atoms with Crippen molar-refractivity contribution in [2.45, 2.75) is 25.8 Å². The molecule has 0 aromatic carbocycles. The smallest absolute Gasteiger partial charge is 0.305 e. The van der Waals surface area contributed by atoms with Crippen LogP contribution in [0.25, 0.3) is 0 Å². The molecule has 1 aromatic rings. The maximum absolute atomic E-state index is 12.1. The largest absolute Gasteiger partial charge is 0.481 e. The van der Waals surface area contributed by atoms with Gasteiger partial charge in [0, 0.05) is 20.4 Å². The number of carboxylic acid groups (broad SMARTS) is 1. The van der Waals surface area contributed by atoms with E-state index in [9.17, 15) is 9.59 Å². The molecule has 19 heavy (non-hydrogen) atoms. The molecule has 7 heteroatoms. The van der Waals surface area contributed by atoms with Crippen LogP contribution in [0.2, 0.25) is 0 Å². The van der Waals surface area contributed by atoms with Crippen molar-refractivity contribution >= 4 is 11.9 Å². The summed E-state index contributed by atoms with van der Waals surface area (Å²) in [6, 6.07) is 0. The maximum Gasteiger partial charge on any atom is 0.305 e. The van der Waals surface area contributed by atoms with Gasteiger partial charge >= 0.3 is 5.97 Å². The molecular weight excluding hydrogens is 250 g/mol. The normalized spacial score (nSPS) is 13.9. The van der Waals surface area contributed by atoms with Gasteiger partial charge in [-0.15, -0.1) is 0 Å². The Morgan fingerprint density at radius 3 is 2.63 bits per heavy atom. The third kappa shape index (κ3) is 4.06. The predicted octanol–water partition coefficient (Wildman–Crippen LogP) is 0.338. The van der Waals surface area contributed by atoms with Crippen LogP contribution in [0.4, 0.5) is 0 Å². The van der Waals surface area contributed by atoms with Crippen LogP contribution < -0.4 is 5.32 Å². The van der Waals surface area contributed by atoms with Gasteiger partial charge in [-0.1, -0.05) is 0 Å². The van der Waals surface area contributed by atoms with E-state index in [0.29, 0.717) is 11.3 Å². The van der Waals surface area contributed by atoms with E-state index in [2.05, 4.69) is 10.4 Å². The Kier molecular flexibility index (Phi) is 4.66. The lowest BCUT2D eigenvalue weighted by Crippen LogP contribution is -2.50. The fraction of sp³-hybridized carbons (Fsp3) is 0.583. The van der Waals surface area contributed by atoms with Crippen LogP contribution in [-0.4, -0.2) is 46.0 Å². The van der Waals surface area contributed by atoms with E-state index in [4.69, 9.17) is 9.84 Å². The molecule has 1 atom stereocenters. The first-order chi connectivity index (χ1) is 8.77. The number of amides is 1. The monoisotopic (exact) mass is 269 g/mol. The lowest BCUT2D eigenvalue weighted by Gasteiger charge is -2.28. The van der Waals surface area contributed by atoms with Crippen LogP contribution >= 0.6 is 0 Å². The molecule has 0 saturated heterocycles. The zero-order valence-corrected chi connectivity index (χ0v) is 11.6. The molecule has 0 fully saturated rings. The van der Waals surface area contributed by atoms with Gasteiger partial charge in [-0.3, -0.25) is 14.3 Å². The summed E-state index contributed by atoms with van der Waals surface area (Å²) in [7, 11) is 3.18. The lowest BCUT2D eigenvalue weighted by molar-refractivity contribution is -0.139. The Bertz CT molecular complexity index is 483. The van der Waals surface area contributed by atoms with Gasteiger partial charge in [0.2, 0.25) is 0 Å². The number of ether oxygens (including phenoxy) is 1. The Labute approximate surface area is 111 Å². The quantitative estimate of drug-likeness (QED) is 0.776. The van der Waals surface area contributed by atoms with E-state index < -0.39 is 11.5 Å². The molecule has 1 heterocycles. The van der Waals surface area contributed by atoms with Crippen molar-refractivity contribution in [3.63, 3.8) is 0 Å². The molecule has 1 unspecified atom stereocenters. The van der Waals surface area contributed by atoms with E-state index in [-0.39, 0.29) is 18.9 Å². The predicted molar refractivity (Wildman–Crippen MR) is 67.9 cm³/mol. The first-order valence-electron chi connectivity index (χ1n) is 5.81. The Hall–Kier alpha value is -1.89. The SMILES string of the molecule is COCC(C)(CC(=O)O)NC(=O)c1cn(C)nc1C. The second kappa shape index (κ2) is 5.83. The summed E-state index contributed by atoms with van der Waals surface area (Å²) in [5.41, 5.74) is 0.0604. The van der Waals surface area contributed by atoms with E-state index in [1.54, 1.807) is 27.1 Å². The number of methoxy groups -OCH3 is 1. The van der Waals surface area contributed by atoms with Crippen molar-refractivity contribution in [2.24, 2.45) is 7.05 Å². The fourth-order valence-electron chi connectivity index (χ4n) is 1.95. The molecule has 7 nitrogen and oxygen atoms in total. The standard InChI is InChI=1S/C12H19N3O4/c1-8-9(6-15(3)14-8)11(18)13-12(2,7-19-4)5-10(16)17/h6H,5,7H2,1-4H3,(H,13,18)(H,16,17). The van der Waals surface area contributed by atoms with Crippen molar-refractivity contribution in [3.05, 3.63) is 17.5 Å². The van der Waals surface area contributed by atoms with Crippen molar-refractivity contribution in [2.75, 3.05) is 13.7 Å². The average Bonchev–Trinajstić information content (AvgIpc) is 2.56. The number of carbonyl (C=O) groups excluding carboxylic acids is 1. The van der Waals surface area contributed by atoms with Gasteiger partial charge in [-0.25, -0.2) is 0 Å². The third-order valence-corrected chi connectivity index (χ3v) is 2.68. The van der Waals surface area contributed by atoms with Crippen molar-refractivity contribution < 1.29 is 19.4 Å². The molecule has 1 aromatic heterocycles. The summed E-state index contributed by atoms with van der Waals surface area (Å²) >= 11 is 0. The van der Waals surface area contributed by atoms with Gasteiger partial charge in [0.1, 0.15) is 0 Å². The van der Waals surface area contributed by atoms with E-state index in [0.717, 1.165) is 0 Å². The molecule has 106 valence electrons. The average molecular weight is 269 g/mol. The highest BCUT2D eigenvalue weighted by atomic mass is 16.5. The number of nitrogens with one attached hydrogen (secondary N) is 1. The minimum atomic E-state index is -0.997. The van der Waals surface area contributed by atoms with Crippen molar-refractivity contribution in [3.8, 4) is 0 Å². The number of hydrogen-bond acceptors (Lipinski definition) is 4. The summed E-state index contributed by atoms with van der Waals surface area (Å²) in [5, 5.41) is 15.7. The lowest BCUT2D eigenvalue weighted by atomic mass is 9.98. The molecular formula is C12H19N3O4. The number of aromatic nitrogens is 2. The van der Waals surface area contributed by atoms with Gasteiger partial charge in [0.15, 0.2) is 0 Å². The minimum Gasteiger partial charge on any atom is -0.481 e. The molecule has 0 aliphatic heterocycles. The summed E-state index contributed by atoms with van der Waals surface area (Å²) in [6.45, 7) is 3.47. The summed E-state index contributed by atoms with van der Waals surface area (Å²) in [5.74, 6) is -1.35. The Morgan fingerprint density at radius 1 is 1.58 bits per heavy atom. The number of aryl methyl sites for hydroxylation is 2. The molecule has 0 aliphatic rings. The molecule has 0 bridgehead atoms. The molecule has 0 spiro atoms. The minimum absolute atomic E-state index is 0.115. The summed E-state index contributed by atoms with van der Waals surface area (Å²) in [4.78, 5) is 23.0. The van der Waals surface area contributed by atoms with Gasteiger partial charge in [0.25, 0.3) is 5.91 Å². The second-order valence-corrected chi connectivity index (χ2v) is 4.82. The number of hydrogen-bond donors (Lipinski definition) is 2. The van der Waals surface area contributed by atoms with Gasteiger partial charge < -0.3 is 15.2 Å². The molecule has 0 aliphatic carbocycles. The topological polar surface area (TPSA) is 93.5 Å². The molecule has 0 radical (unpaired) electrons. The highest BCUT2D eigenvalue weighted by Crippen LogP contribution is 2.13. The Morgan fingerprint density at radius 2 is 2.21 bits per heavy atom. The van der Waals surface area contributed by atoms with Crippen LogP contribution in [-0.2, 0) is 16.6 Å². The fourth-order valence-corrected chi connectivity index (χ4v) is 1.95. The summed E-state index contributed by atoms with van der Waals surface area (Å²) < 4.78 is 6.52. The van der Waals surface area contributed by atoms with Crippen molar-refractivity contribution in [1.82, 2.24) is 15.1 Å². The number of aliphatic carboxylic acids is 1. The van der Waals surface area contributed by atoms with Crippen LogP contribution in [0.15, 0.2) is 6.20 Å². The first-order valence-corrected chi connectivity index (χ1v) is 5.81. The zero-order chi connectivity index (χ0) is 14.6.